The smallest absolute Gasteiger partial charge is 0.328 e. The maximum absolute atomic E-state index is 13.2. The molecule has 0 unspecified atom stereocenters. The number of rotatable bonds is 13. The Hall–Kier alpha value is -3.37. The van der Waals surface area contributed by atoms with E-state index >= 15 is 0 Å². The Bertz CT molecular complexity index is 1250. The van der Waals surface area contributed by atoms with Gasteiger partial charge in [0.15, 0.2) is 0 Å². The molecule has 0 bridgehead atoms. The zero-order valence-corrected chi connectivity index (χ0v) is 23.4. The Kier molecular flexibility index (Phi) is 10.4. The van der Waals surface area contributed by atoms with Crippen molar-refractivity contribution in [2.75, 3.05) is 38.8 Å². The normalized spacial score (nSPS) is 16.0. The second-order valence-electron chi connectivity index (χ2n) is 9.85. The van der Waals surface area contributed by atoms with Crippen LogP contribution in [0.2, 0.25) is 0 Å². The third-order valence-corrected chi connectivity index (χ3v) is 7.77. The van der Waals surface area contributed by atoms with Crippen LogP contribution in [0.3, 0.4) is 0 Å². The van der Waals surface area contributed by atoms with Crippen LogP contribution >= 0.6 is 11.8 Å². The van der Waals surface area contributed by atoms with Crippen LogP contribution in [0.4, 0.5) is 0 Å². The van der Waals surface area contributed by atoms with Crippen molar-refractivity contribution in [2.24, 2.45) is 0 Å². The van der Waals surface area contributed by atoms with E-state index in [1.165, 1.54) is 7.11 Å². The number of amides is 2. The number of aromatic amines is 1. The number of thioether (sulfide) groups is 1. The molecular weight excluding hydrogens is 514 g/mol. The lowest BCUT2D eigenvalue weighted by Gasteiger charge is -2.31. The predicted octanol–water partition coefficient (Wildman–Crippen LogP) is 3.01. The molecule has 0 radical (unpaired) electrons. The van der Waals surface area contributed by atoms with E-state index in [1.807, 2.05) is 29.4 Å². The van der Waals surface area contributed by atoms with Crippen molar-refractivity contribution in [3.8, 4) is 0 Å². The quantitative estimate of drug-likeness (QED) is 0.315. The number of hydrogen-bond acceptors (Lipinski definition) is 7. The van der Waals surface area contributed by atoms with Gasteiger partial charge in [-0.3, -0.25) is 14.5 Å². The zero-order valence-electron chi connectivity index (χ0n) is 22.6. The highest BCUT2D eigenvalue weighted by molar-refractivity contribution is 7.98. The van der Waals surface area contributed by atoms with Gasteiger partial charge in [-0.1, -0.05) is 42.5 Å². The highest BCUT2D eigenvalue weighted by Crippen LogP contribution is 2.23. The number of aromatic nitrogens is 2. The van der Waals surface area contributed by atoms with Gasteiger partial charge in [0.05, 0.1) is 32.1 Å². The SMILES string of the molecule is COC(=O)[C@H](CCSC)NC(=O)CN(Cc1cccc2ccccc12)C[C@@H]1CCCN1C(=O)Cc1c[nH]cn1. The summed E-state index contributed by atoms with van der Waals surface area (Å²) in [4.78, 5) is 49.8. The number of benzene rings is 2. The van der Waals surface area contributed by atoms with Gasteiger partial charge in [-0.2, -0.15) is 11.8 Å². The van der Waals surface area contributed by atoms with Crippen LogP contribution in [0.5, 0.6) is 0 Å². The largest absolute Gasteiger partial charge is 0.467 e. The summed E-state index contributed by atoms with van der Waals surface area (Å²) in [5.74, 6) is 0.0969. The highest BCUT2D eigenvalue weighted by Gasteiger charge is 2.31. The van der Waals surface area contributed by atoms with Gasteiger partial charge in [-0.05, 0) is 47.6 Å². The van der Waals surface area contributed by atoms with E-state index in [-0.39, 0.29) is 30.8 Å². The van der Waals surface area contributed by atoms with Crippen LogP contribution in [0.15, 0.2) is 55.0 Å². The van der Waals surface area contributed by atoms with Gasteiger partial charge in [0.1, 0.15) is 6.04 Å². The molecule has 39 heavy (non-hydrogen) atoms. The van der Waals surface area contributed by atoms with Crippen molar-refractivity contribution in [3.05, 3.63) is 66.2 Å². The summed E-state index contributed by atoms with van der Waals surface area (Å²) in [6.07, 6.45) is 7.83. The maximum Gasteiger partial charge on any atom is 0.328 e. The molecule has 2 aromatic carbocycles. The van der Waals surface area contributed by atoms with Crippen LogP contribution < -0.4 is 5.32 Å². The minimum atomic E-state index is -0.687. The number of hydrogen-bond donors (Lipinski definition) is 2. The Morgan fingerprint density at radius 3 is 2.82 bits per heavy atom. The first-order chi connectivity index (χ1) is 19.0. The number of H-pyrrole nitrogens is 1. The molecule has 1 fully saturated rings. The van der Waals surface area contributed by atoms with E-state index in [4.69, 9.17) is 4.74 Å². The monoisotopic (exact) mass is 551 g/mol. The van der Waals surface area contributed by atoms with Crippen molar-refractivity contribution >= 4 is 40.3 Å². The molecule has 2 amide bonds. The molecule has 1 saturated heterocycles. The molecule has 1 aliphatic rings. The van der Waals surface area contributed by atoms with Crippen LogP contribution in [-0.4, -0.2) is 88.4 Å². The van der Waals surface area contributed by atoms with E-state index < -0.39 is 12.0 Å². The first-order valence-electron chi connectivity index (χ1n) is 13.3. The number of fused-ring (bicyclic) bond motifs is 1. The Morgan fingerprint density at radius 2 is 2.05 bits per heavy atom. The summed E-state index contributed by atoms with van der Waals surface area (Å²) >= 11 is 1.61. The number of esters is 1. The average molecular weight is 552 g/mol. The summed E-state index contributed by atoms with van der Waals surface area (Å²) in [6.45, 7) is 1.90. The molecule has 2 atom stereocenters. The fraction of sp³-hybridized carbons (Fsp3) is 0.448. The number of ether oxygens (including phenoxy) is 1. The van der Waals surface area contributed by atoms with Gasteiger partial charge in [0.25, 0.3) is 0 Å². The van der Waals surface area contributed by atoms with E-state index in [0.717, 1.165) is 40.6 Å². The number of likely N-dealkylation sites (tertiary alicyclic amines) is 1. The molecule has 1 aromatic heterocycles. The summed E-state index contributed by atoms with van der Waals surface area (Å²) in [6, 6.07) is 13.7. The topological polar surface area (TPSA) is 108 Å². The number of imidazole rings is 1. The number of carbonyl (C=O) groups excluding carboxylic acids is 3. The third-order valence-electron chi connectivity index (χ3n) is 7.13. The lowest BCUT2D eigenvalue weighted by molar-refractivity contribution is -0.145. The van der Waals surface area contributed by atoms with Crippen molar-refractivity contribution < 1.29 is 19.1 Å². The van der Waals surface area contributed by atoms with Crippen molar-refractivity contribution in [2.45, 2.75) is 44.3 Å². The second-order valence-corrected chi connectivity index (χ2v) is 10.8. The van der Waals surface area contributed by atoms with Crippen LogP contribution in [0, 0.1) is 0 Å². The van der Waals surface area contributed by atoms with E-state index in [9.17, 15) is 14.4 Å². The van der Waals surface area contributed by atoms with E-state index in [0.29, 0.717) is 26.1 Å². The summed E-state index contributed by atoms with van der Waals surface area (Å²) in [5, 5.41) is 5.16. The Balaban J connectivity index is 1.51. The Morgan fingerprint density at radius 1 is 1.23 bits per heavy atom. The standard InChI is InChI=1S/C29H37N5O4S/c1-38-29(37)26(12-14-39-2)32-27(35)19-33(17-22-9-5-8-21-7-3-4-11-25(21)22)18-24-10-6-13-34(24)28(36)15-23-16-30-20-31-23/h3-5,7-9,11,16,20,24,26H,6,10,12-15,17-19H2,1-2H3,(H,30,31)(H,32,35)/t24-,26-/m0/s1. The first kappa shape index (κ1) is 28.6. The molecule has 3 aromatic rings. The highest BCUT2D eigenvalue weighted by atomic mass is 32.2. The van der Waals surface area contributed by atoms with Gasteiger partial charge in [0.2, 0.25) is 11.8 Å². The molecule has 2 heterocycles. The molecule has 10 heteroatoms. The van der Waals surface area contributed by atoms with Gasteiger partial charge in [0, 0.05) is 31.9 Å². The molecule has 0 saturated carbocycles. The number of carbonyl (C=O) groups is 3. The number of methoxy groups -OCH3 is 1. The minimum absolute atomic E-state index is 0.00730. The maximum atomic E-state index is 13.2. The van der Waals surface area contributed by atoms with Gasteiger partial charge in [-0.15, -0.1) is 0 Å². The Labute approximate surface area is 233 Å². The second kappa shape index (κ2) is 14.1. The van der Waals surface area contributed by atoms with Crippen LogP contribution in [0.25, 0.3) is 10.8 Å². The first-order valence-corrected chi connectivity index (χ1v) is 14.7. The molecule has 208 valence electrons. The number of nitrogens with zero attached hydrogens (tertiary/aromatic N) is 3. The van der Waals surface area contributed by atoms with Crippen LogP contribution in [-0.2, 0) is 32.1 Å². The molecule has 0 aliphatic carbocycles. The molecule has 1 aliphatic heterocycles. The zero-order chi connectivity index (χ0) is 27.6. The third kappa shape index (κ3) is 7.83. The lowest BCUT2D eigenvalue weighted by atomic mass is 10.0. The van der Waals surface area contributed by atoms with Gasteiger partial charge >= 0.3 is 5.97 Å². The summed E-state index contributed by atoms with van der Waals surface area (Å²) in [5.41, 5.74) is 1.83. The fourth-order valence-corrected chi connectivity index (χ4v) is 5.69. The fourth-order valence-electron chi connectivity index (χ4n) is 5.22. The number of nitrogens with one attached hydrogen (secondary N) is 2. The van der Waals surface area contributed by atoms with Crippen molar-refractivity contribution in [1.29, 1.82) is 0 Å². The summed E-state index contributed by atoms with van der Waals surface area (Å²) in [7, 11) is 1.34. The van der Waals surface area contributed by atoms with Crippen molar-refractivity contribution in [3.63, 3.8) is 0 Å². The minimum Gasteiger partial charge on any atom is -0.467 e. The van der Waals surface area contributed by atoms with E-state index in [1.54, 1.807) is 24.3 Å². The van der Waals surface area contributed by atoms with Crippen molar-refractivity contribution in [1.82, 2.24) is 25.1 Å². The van der Waals surface area contributed by atoms with Gasteiger partial charge < -0.3 is 19.9 Å². The summed E-state index contributed by atoms with van der Waals surface area (Å²) < 4.78 is 4.92. The van der Waals surface area contributed by atoms with Gasteiger partial charge in [-0.25, -0.2) is 9.78 Å². The molecule has 0 spiro atoms. The molecule has 2 N–H and O–H groups in total. The van der Waals surface area contributed by atoms with Crippen LogP contribution in [0.1, 0.15) is 30.5 Å². The molecule has 4 rings (SSSR count). The van der Waals surface area contributed by atoms with E-state index in [2.05, 4.69) is 44.5 Å². The lowest BCUT2D eigenvalue weighted by Crippen LogP contribution is -2.49. The molecular formula is C29H37N5O4S. The average Bonchev–Trinajstić information content (AvgIpc) is 3.63. The predicted molar refractivity (Wildman–Crippen MR) is 153 cm³/mol. The molecule has 9 nitrogen and oxygen atoms in total.